The number of halogens is 1. The average molecular weight is 410 g/mol. The van der Waals surface area contributed by atoms with Gasteiger partial charge in [0, 0.05) is 38.8 Å². The smallest absolute Gasteiger partial charge is 0.237 e. The van der Waals surface area contributed by atoms with Gasteiger partial charge in [0.05, 0.1) is 6.04 Å². The molecule has 7 heteroatoms. The molecule has 2 aliphatic heterocycles. The molecule has 0 saturated carbocycles. The Labute approximate surface area is 173 Å². The summed E-state index contributed by atoms with van der Waals surface area (Å²) in [5.74, 6) is 0.344. The quantitative estimate of drug-likeness (QED) is 0.751. The summed E-state index contributed by atoms with van der Waals surface area (Å²) >= 11 is 0. The SMILES string of the molecule is Cl.NC(C(=O)NC1CCN(C(=O)CCc2ccccc2)CC1)C1CCOCC1. The van der Waals surface area contributed by atoms with Crippen molar-refractivity contribution in [2.45, 2.75) is 50.6 Å². The molecule has 2 heterocycles. The first kappa shape index (κ1) is 22.7. The van der Waals surface area contributed by atoms with Crippen LogP contribution in [0.4, 0.5) is 0 Å². The zero-order chi connectivity index (χ0) is 19.1. The molecule has 3 rings (SSSR count). The second-order valence-corrected chi connectivity index (χ2v) is 7.62. The number of benzene rings is 1. The summed E-state index contributed by atoms with van der Waals surface area (Å²) in [5, 5.41) is 3.09. The van der Waals surface area contributed by atoms with Crippen LogP contribution in [0.15, 0.2) is 30.3 Å². The van der Waals surface area contributed by atoms with E-state index in [1.54, 1.807) is 0 Å². The van der Waals surface area contributed by atoms with E-state index in [9.17, 15) is 9.59 Å². The molecule has 3 N–H and O–H groups in total. The molecule has 1 aromatic carbocycles. The highest BCUT2D eigenvalue weighted by atomic mass is 35.5. The monoisotopic (exact) mass is 409 g/mol. The van der Waals surface area contributed by atoms with Crippen LogP contribution in [0.3, 0.4) is 0 Å². The lowest BCUT2D eigenvalue weighted by Gasteiger charge is -2.34. The van der Waals surface area contributed by atoms with Gasteiger partial charge < -0.3 is 20.7 Å². The maximum absolute atomic E-state index is 12.4. The van der Waals surface area contributed by atoms with Gasteiger partial charge in [-0.1, -0.05) is 30.3 Å². The maximum Gasteiger partial charge on any atom is 0.237 e. The molecule has 0 bridgehead atoms. The molecule has 0 aliphatic carbocycles. The molecule has 1 unspecified atom stereocenters. The molecule has 1 aromatic rings. The average Bonchev–Trinajstić information content (AvgIpc) is 2.73. The van der Waals surface area contributed by atoms with Crippen LogP contribution in [-0.2, 0) is 20.7 Å². The molecule has 0 spiro atoms. The Bertz CT molecular complexity index is 615. The summed E-state index contributed by atoms with van der Waals surface area (Å²) in [5.41, 5.74) is 7.34. The summed E-state index contributed by atoms with van der Waals surface area (Å²) in [6.45, 7) is 2.78. The highest BCUT2D eigenvalue weighted by molar-refractivity contribution is 5.85. The van der Waals surface area contributed by atoms with Gasteiger partial charge in [-0.05, 0) is 43.6 Å². The van der Waals surface area contributed by atoms with Gasteiger partial charge in [0.1, 0.15) is 0 Å². The van der Waals surface area contributed by atoms with E-state index in [2.05, 4.69) is 17.4 Å². The van der Waals surface area contributed by atoms with Crippen molar-refractivity contribution >= 4 is 24.2 Å². The topological polar surface area (TPSA) is 84.7 Å². The Morgan fingerprint density at radius 1 is 1.11 bits per heavy atom. The molecule has 6 nitrogen and oxygen atoms in total. The van der Waals surface area contributed by atoms with Gasteiger partial charge >= 0.3 is 0 Å². The van der Waals surface area contributed by atoms with Gasteiger partial charge in [-0.2, -0.15) is 0 Å². The molecular formula is C21H32ClN3O3. The van der Waals surface area contributed by atoms with Crippen LogP contribution in [0.2, 0.25) is 0 Å². The number of carbonyl (C=O) groups is 2. The first-order valence-corrected chi connectivity index (χ1v) is 10.1. The van der Waals surface area contributed by atoms with Crippen LogP contribution >= 0.6 is 12.4 Å². The maximum atomic E-state index is 12.4. The van der Waals surface area contributed by atoms with E-state index < -0.39 is 6.04 Å². The summed E-state index contributed by atoms with van der Waals surface area (Å²) < 4.78 is 5.34. The number of nitrogens with two attached hydrogens (primary N) is 1. The number of hydrogen-bond acceptors (Lipinski definition) is 4. The number of nitrogens with zero attached hydrogens (tertiary/aromatic N) is 1. The number of rotatable bonds is 6. The third-order valence-corrected chi connectivity index (χ3v) is 5.74. The van der Waals surface area contributed by atoms with Crippen LogP contribution < -0.4 is 11.1 Å². The van der Waals surface area contributed by atoms with Gasteiger partial charge in [-0.15, -0.1) is 12.4 Å². The third-order valence-electron chi connectivity index (χ3n) is 5.74. The number of amides is 2. The Kier molecular flexibility index (Phi) is 9.22. The number of aryl methyl sites for hydroxylation is 1. The fourth-order valence-electron chi connectivity index (χ4n) is 3.91. The lowest BCUT2D eigenvalue weighted by molar-refractivity contribution is -0.132. The number of ether oxygens (including phenoxy) is 1. The Balaban J connectivity index is 0.00000280. The van der Waals surface area contributed by atoms with Crippen molar-refractivity contribution < 1.29 is 14.3 Å². The van der Waals surface area contributed by atoms with Crippen LogP contribution in [0.5, 0.6) is 0 Å². The molecule has 2 fully saturated rings. The first-order chi connectivity index (χ1) is 13.1. The van der Waals surface area contributed by atoms with Crippen LogP contribution in [0, 0.1) is 5.92 Å². The molecule has 0 aromatic heterocycles. The van der Waals surface area contributed by atoms with Crippen molar-refractivity contribution in [1.29, 1.82) is 0 Å². The highest BCUT2D eigenvalue weighted by Gasteiger charge is 2.29. The van der Waals surface area contributed by atoms with Gasteiger partial charge in [-0.25, -0.2) is 0 Å². The van der Waals surface area contributed by atoms with Crippen molar-refractivity contribution in [3.63, 3.8) is 0 Å². The first-order valence-electron chi connectivity index (χ1n) is 10.1. The van der Waals surface area contributed by atoms with E-state index in [1.807, 2.05) is 23.1 Å². The summed E-state index contributed by atoms with van der Waals surface area (Å²) in [6.07, 6.45) is 4.60. The number of likely N-dealkylation sites (tertiary alicyclic amines) is 1. The van der Waals surface area contributed by atoms with E-state index >= 15 is 0 Å². The van der Waals surface area contributed by atoms with E-state index in [-0.39, 0.29) is 36.2 Å². The lowest BCUT2D eigenvalue weighted by Crippen LogP contribution is -2.53. The van der Waals surface area contributed by atoms with E-state index in [1.165, 1.54) is 5.56 Å². The Hall–Kier alpha value is -1.63. The molecular weight excluding hydrogens is 378 g/mol. The van der Waals surface area contributed by atoms with Crippen molar-refractivity contribution in [1.82, 2.24) is 10.2 Å². The number of carbonyl (C=O) groups excluding carboxylic acids is 2. The van der Waals surface area contributed by atoms with E-state index in [4.69, 9.17) is 10.5 Å². The predicted octanol–water partition coefficient (Wildman–Crippen LogP) is 1.90. The lowest BCUT2D eigenvalue weighted by atomic mass is 9.91. The normalized spacial score (nSPS) is 19.5. The van der Waals surface area contributed by atoms with Crippen LogP contribution in [0.25, 0.3) is 0 Å². The van der Waals surface area contributed by atoms with E-state index in [0.29, 0.717) is 32.7 Å². The zero-order valence-corrected chi connectivity index (χ0v) is 17.2. The molecule has 28 heavy (non-hydrogen) atoms. The van der Waals surface area contributed by atoms with Crippen molar-refractivity contribution in [2.24, 2.45) is 11.7 Å². The summed E-state index contributed by atoms with van der Waals surface area (Å²) in [7, 11) is 0. The molecule has 156 valence electrons. The Morgan fingerprint density at radius 2 is 1.75 bits per heavy atom. The van der Waals surface area contributed by atoms with Gasteiger partial charge in [0.15, 0.2) is 0 Å². The number of piperidine rings is 1. The fraction of sp³-hybridized carbons (Fsp3) is 0.619. The largest absolute Gasteiger partial charge is 0.381 e. The number of hydrogen-bond donors (Lipinski definition) is 2. The van der Waals surface area contributed by atoms with Crippen molar-refractivity contribution in [3.05, 3.63) is 35.9 Å². The number of nitrogens with one attached hydrogen (secondary N) is 1. The van der Waals surface area contributed by atoms with Crippen molar-refractivity contribution in [3.8, 4) is 0 Å². The minimum atomic E-state index is -0.459. The summed E-state index contributed by atoms with van der Waals surface area (Å²) in [4.78, 5) is 26.8. The van der Waals surface area contributed by atoms with Crippen LogP contribution in [0.1, 0.15) is 37.7 Å². The standard InChI is InChI=1S/C21H31N3O3.ClH/c22-20(17-10-14-27-15-11-17)21(26)23-18-8-12-24(13-9-18)19(25)7-6-16-4-2-1-3-5-16;/h1-5,17-18,20H,6-15,22H2,(H,23,26);1H. The predicted molar refractivity (Wildman–Crippen MR) is 111 cm³/mol. The summed E-state index contributed by atoms with van der Waals surface area (Å²) in [6, 6.07) is 9.74. The fourth-order valence-corrected chi connectivity index (χ4v) is 3.91. The second kappa shape index (κ2) is 11.4. The Morgan fingerprint density at radius 3 is 2.39 bits per heavy atom. The minimum absolute atomic E-state index is 0. The van der Waals surface area contributed by atoms with Gasteiger partial charge in [0.2, 0.25) is 11.8 Å². The van der Waals surface area contributed by atoms with Gasteiger partial charge in [-0.3, -0.25) is 9.59 Å². The molecule has 2 aliphatic rings. The third kappa shape index (κ3) is 6.47. The highest BCUT2D eigenvalue weighted by Crippen LogP contribution is 2.19. The molecule has 2 saturated heterocycles. The molecule has 0 radical (unpaired) electrons. The van der Waals surface area contributed by atoms with Crippen LogP contribution in [-0.4, -0.2) is 55.1 Å². The minimum Gasteiger partial charge on any atom is -0.381 e. The zero-order valence-electron chi connectivity index (χ0n) is 16.3. The second-order valence-electron chi connectivity index (χ2n) is 7.62. The van der Waals surface area contributed by atoms with Gasteiger partial charge in [0.25, 0.3) is 0 Å². The van der Waals surface area contributed by atoms with Crippen molar-refractivity contribution in [2.75, 3.05) is 26.3 Å². The molecule has 2 amide bonds. The van der Waals surface area contributed by atoms with E-state index in [0.717, 1.165) is 32.1 Å². The molecule has 1 atom stereocenters.